The number of hydrogen-bond donors (Lipinski definition) is 3. The average Bonchev–Trinajstić information content (AvgIpc) is 3.20. The summed E-state index contributed by atoms with van der Waals surface area (Å²) in [6.07, 6.45) is 14.3. The van der Waals surface area contributed by atoms with E-state index in [0.29, 0.717) is 24.3 Å². The molecule has 8 atom stereocenters. The van der Waals surface area contributed by atoms with Crippen LogP contribution in [0.15, 0.2) is 12.2 Å². The molecule has 2 heterocycles. The molecule has 1 saturated carbocycles. The van der Waals surface area contributed by atoms with Crippen LogP contribution in [0.1, 0.15) is 84.5 Å². The van der Waals surface area contributed by atoms with E-state index in [1.807, 2.05) is 12.2 Å². The number of unbranched alkanes of at least 4 members (excludes halogenated alkanes) is 2. The van der Waals surface area contributed by atoms with Crippen molar-refractivity contribution >= 4 is 5.97 Å². The number of aliphatic hydroxyl groups excluding tert-OH is 2. The van der Waals surface area contributed by atoms with Gasteiger partial charge in [-0.1, -0.05) is 58.1 Å². The summed E-state index contributed by atoms with van der Waals surface area (Å²) in [4.78, 5) is 14.0. The van der Waals surface area contributed by atoms with Gasteiger partial charge in [0.1, 0.15) is 6.04 Å². The van der Waals surface area contributed by atoms with E-state index < -0.39 is 24.2 Å². The van der Waals surface area contributed by atoms with Crippen LogP contribution in [-0.2, 0) is 4.79 Å². The lowest BCUT2D eigenvalue weighted by atomic mass is 9.87. The molecule has 0 aromatic rings. The summed E-state index contributed by atoms with van der Waals surface area (Å²) >= 11 is 0. The Bertz CT molecular complexity index is 565. The minimum Gasteiger partial charge on any atom is -0.480 e. The van der Waals surface area contributed by atoms with Crippen LogP contribution in [-0.4, -0.2) is 56.5 Å². The number of aliphatic hydroxyl groups is 2. The number of aliphatic carboxylic acids is 1. The molecule has 0 bridgehead atoms. The predicted molar refractivity (Wildman–Crippen MR) is 115 cm³/mol. The highest BCUT2D eigenvalue weighted by atomic mass is 16.4. The van der Waals surface area contributed by atoms with E-state index in [1.165, 1.54) is 25.7 Å². The van der Waals surface area contributed by atoms with Crippen molar-refractivity contribution in [2.45, 2.75) is 115 Å². The molecule has 0 aromatic carbocycles. The molecule has 2 aliphatic heterocycles. The molecule has 3 unspecified atom stereocenters. The standard InChI is InChI=1S/C24H41NO4/c1-3-5-6-8-16(4-2)13-18(26)11-12-19-20-14-17-9-7-10-21(24(28)29)25(17)22(20)15-23(19)27/h11-12,16-23,26-27H,3-10,13-15H2,1-2H3,(H,28,29)/t16?,17?,18-,19+,20+,21?,22+,23+/m0/s1. The van der Waals surface area contributed by atoms with Gasteiger partial charge in [0.05, 0.1) is 12.2 Å². The maximum atomic E-state index is 11.7. The zero-order valence-electron chi connectivity index (χ0n) is 18.2. The van der Waals surface area contributed by atoms with Gasteiger partial charge in [0.15, 0.2) is 0 Å². The first-order valence-electron chi connectivity index (χ1n) is 12.0. The molecular weight excluding hydrogens is 366 g/mol. The highest BCUT2D eigenvalue weighted by Gasteiger charge is 2.54. The Morgan fingerprint density at radius 1 is 1.21 bits per heavy atom. The van der Waals surface area contributed by atoms with Crippen molar-refractivity contribution in [3.05, 3.63) is 12.2 Å². The van der Waals surface area contributed by atoms with E-state index in [2.05, 4.69) is 18.7 Å². The van der Waals surface area contributed by atoms with Crippen LogP contribution in [0.4, 0.5) is 0 Å². The highest BCUT2D eigenvalue weighted by Crippen LogP contribution is 2.49. The SMILES string of the molecule is CCCCCC(CC)C[C@@H](O)C=C[C@@H]1[C@H]2CC3CCCC(C(=O)O)N3[C@@H]2C[C@H]1O. The van der Waals surface area contributed by atoms with E-state index in [9.17, 15) is 20.1 Å². The summed E-state index contributed by atoms with van der Waals surface area (Å²) in [6.45, 7) is 4.42. The fourth-order valence-electron chi connectivity index (χ4n) is 6.30. The molecule has 2 saturated heterocycles. The van der Waals surface area contributed by atoms with Gasteiger partial charge in [0.25, 0.3) is 0 Å². The first kappa shape index (κ1) is 22.8. The van der Waals surface area contributed by atoms with Crippen LogP contribution in [0.3, 0.4) is 0 Å². The van der Waals surface area contributed by atoms with Crippen molar-refractivity contribution in [2.24, 2.45) is 17.8 Å². The van der Waals surface area contributed by atoms with Crippen LogP contribution in [0.2, 0.25) is 0 Å². The maximum absolute atomic E-state index is 11.7. The topological polar surface area (TPSA) is 81.0 Å². The normalized spacial score (nSPS) is 36.8. The van der Waals surface area contributed by atoms with Crippen molar-refractivity contribution < 1.29 is 20.1 Å². The molecular formula is C24H41NO4. The first-order chi connectivity index (χ1) is 14.0. The quantitative estimate of drug-likeness (QED) is 0.377. The molecule has 0 radical (unpaired) electrons. The molecule has 0 spiro atoms. The van der Waals surface area contributed by atoms with Gasteiger partial charge in [-0.3, -0.25) is 9.69 Å². The van der Waals surface area contributed by atoms with Crippen LogP contribution in [0.25, 0.3) is 0 Å². The second-order valence-electron chi connectivity index (χ2n) is 9.69. The Labute approximate surface area is 176 Å². The number of carboxylic acids is 1. The molecule has 29 heavy (non-hydrogen) atoms. The Morgan fingerprint density at radius 3 is 2.69 bits per heavy atom. The number of rotatable bonds is 10. The summed E-state index contributed by atoms with van der Waals surface area (Å²) in [5.41, 5.74) is 0. The Morgan fingerprint density at radius 2 is 2.00 bits per heavy atom. The fraction of sp³-hybridized carbons (Fsp3) is 0.875. The van der Waals surface area contributed by atoms with Gasteiger partial charge in [-0.25, -0.2) is 0 Å². The molecule has 166 valence electrons. The molecule has 5 heteroatoms. The second-order valence-corrected chi connectivity index (χ2v) is 9.69. The third-order valence-corrected chi connectivity index (χ3v) is 7.85. The Kier molecular flexibility index (Phi) is 8.17. The molecule has 3 aliphatic rings. The number of nitrogens with zero attached hydrogens (tertiary/aromatic N) is 1. The first-order valence-corrected chi connectivity index (χ1v) is 12.0. The summed E-state index contributed by atoms with van der Waals surface area (Å²) in [5, 5.41) is 30.9. The average molecular weight is 408 g/mol. The van der Waals surface area contributed by atoms with Gasteiger partial charge in [-0.05, 0) is 50.4 Å². The number of carboxylic acid groups (broad SMARTS) is 1. The van der Waals surface area contributed by atoms with Crippen LogP contribution >= 0.6 is 0 Å². The summed E-state index contributed by atoms with van der Waals surface area (Å²) < 4.78 is 0. The lowest BCUT2D eigenvalue weighted by Gasteiger charge is -2.38. The summed E-state index contributed by atoms with van der Waals surface area (Å²) in [6, 6.07) is 0.120. The maximum Gasteiger partial charge on any atom is 0.320 e. The van der Waals surface area contributed by atoms with Crippen molar-refractivity contribution in [3.8, 4) is 0 Å². The van der Waals surface area contributed by atoms with Crippen molar-refractivity contribution in [3.63, 3.8) is 0 Å². The molecule has 1 aliphatic carbocycles. The predicted octanol–water partition coefficient (Wildman–Crippen LogP) is 3.98. The highest BCUT2D eigenvalue weighted by molar-refractivity contribution is 5.73. The third kappa shape index (κ3) is 5.23. The van der Waals surface area contributed by atoms with Crippen molar-refractivity contribution in [1.29, 1.82) is 0 Å². The van der Waals surface area contributed by atoms with E-state index >= 15 is 0 Å². The van der Waals surface area contributed by atoms with E-state index in [1.54, 1.807) is 0 Å². The Hall–Kier alpha value is -0.910. The lowest BCUT2D eigenvalue weighted by Crippen LogP contribution is -2.51. The number of carbonyl (C=O) groups is 1. The Balaban J connectivity index is 1.59. The number of hydrogen-bond acceptors (Lipinski definition) is 4. The fourth-order valence-corrected chi connectivity index (χ4v) is 6.30. The number of fused-ring (bicyclic) bond motifs is 3. The lowest BCUT2D eigenvalue weighted by molar-refractivity contribution is -0.146. The molecule has 0 amide bonds. The van der Waals surface area contributed by atoms with Gasteiger partial charge in [-0.15, -0.1) is 0 Å². The van der Waals surface area contributed by atoms with Gasteiger partial charge in [0, 0.05) is 18.0 Å². The summed E-state index contributed by atoms with van der Waals surface area (Å²) in [7, 11) is 0. The molecule has 3 rings (SSSR count). The van der Waals surface area contributed by atoms with Gasteiger partial charge in [-0.2, -0.15) is 0 Å². The largest absolute Gasteiger partial charge is 0.480 e. The molecule has 5 nitrogen and oxygen atoms in total. The minimum atomic E-state index is -0.715. The van der Waals surface area contributed by atoms with E-state index in [-0.39, 0.29) is 12.0 Å². The van der Waals surface area contributed by atoms with Gasteiger partial charge < -0.3 is 15.3 Å². The number of piperidine rings is 1. The van der Waals surface area contributed by atoms with Gasteiger partial charge in [0.2, 0.25) is 0 Å². The molecule has 3 N–H and O–H groups in total. The third-order valence-electron chi connectivity index (χ3n) is 7.85. The van der Waals surface area contributed by atoms with Crippen LogP contribution in [0, 0.1) is 17.8 Å². The second kappa shape index (κ2) is 10.4. The van der Waals surface area contributed by atoms with Crippen molar-refractivity contribution in [2.75, 3.05) is 0 Å². The zero-order chi connectivity index (χ0) is 21.0. The monoisotopic (exact) mass is 407 g/mol. The smallest absolute Gasteiger partial charge is 0.320 e. The summed E-state index contributed by atoms with van der Waals surface area (Å²) in [5.74, 6) is 0.187. The van der Waals surface area contributed by atoms with Crippen LogP contribution < -0.4 is 0 Å². The molecule has 0 aromatic heterocycles. The van der Waals surface area contributed by atoms with E-state index in [4.69, 9.17) is 0 Å². The van der Waals surface area contributed by atoms with Crippen molar-refractivity contribution in [1.82, 2.24) is 4.90 Å². The van der Waals surface area contributed by atoms with E-state index in [0.717, 1.165) is 38.5 Å². The minimum absolute atomic E-state index is 0.0369. The molecule has 3 fully saturated rings. The van der Waals surface area contributed by atoms with Gasteiger partial charge >= 0.3 is 5.97 Å². The zero-order valence-corrected chi connectivity index (χ0v) is 18.2. The van der Waals surface area contributed by atoms with Crippen LogP contribution in [0.5, 0.6) is 0 Å².